The molecule has 2 aromatic carbocycles. The fourth-order valence-electron chi connectivity index (χ4n) is 4.46. The smallest absolute Gasteiger partial charge is 0.387 e. The third-order valence-electron chi connectivity index (χ3n) is 5.90. The van der Waals surface area contributed by atoms with E-state index in [1.165, 1.54) is 12.1 Å². The molecule has 0 saturated carbocycles. The van der Waals surface area contributed by atoms with E-state index in [-0.39, 0.29) is 5.75 Å². The summed E-state index contributed by atoms with van der Waals surface area (Å²) in [6.45, 7) is -1.70. The first kappa shape index (κ1) is 21.4. The van der Waals surface area contributed by atoms with Gasteiger partial charge in [-0.15, -0.1) is 0 Å². The molecular weight excluding hydrogens is 406 g/mol. The van der Waals surface area contributed by atoms with Gasteiger partial charge in [-0.2, -0.15) is 13.7 Å². The molecule has 2 aliphatic rings. The Balaban J connectivity index is 1.82. The Labute approximate surface area is 180 Å². The molecule has 0 saturated heterocycles. The first-order valence-corrected chi connectivity index (χ1v) is 10.4. The van der Waals surface area contributed by atoms with Crippen LogP contribution >= 0.6 is 0 Å². The summed E-state index contributed by atoms with van der Waals surface area (Å²) in [4.78, 5) is 1.91. The zero-order valence-corrected chi connectivity index (χ0v) is 17.7. The Kier molecular flexibility index (Phi) is 6.00. The molecule has 4 rings (SSSR count). The number of methoxy groups -OCH3 is 2. The minimum Gasteiger partial charge on any atom is -0.497 e. The van der Waals surface area contributed by atoms with Crippen LogP contribution in [0.5, 0.6) is 17.2 Å². The van der Waals surface area contributed by atoms with E-state index < -0.39 is 12.3 Å². The van der Waals surface area contributed by atoms with E-state index in [0.29, 0.717) is 29.3 Å². The molecule has 1 atom stereocenters. The van der Waals surface area contributed by atoms with Crippen LogP contribution in [0.15, 0.2) is 42.5 Å². The lowest BCUT2D eigenvalue weighted by Gasteiger charge is -2.30. The van der Waals surface area contributed by atoms with E-state index in [2.05, 4.69) is 9.31 Å². The minimum absolute atomic E-state index is 0.0491. The topological polar surface area (TPSA) is 54.2 Å². The van der Waals surface area contributed by atoms with Gasteiger partial charge in [-0.25, -0.2) is 0 Å². The predicted molar refractivity (Wildman–Crippen MR) is 112 cm³/mol. The van der Waals surface area contributed by atoms with Crippen LogP contribution in [-0.4, -0.2) is 49.4 Å². The lowest BCUT2D eigenvalue weighted by Crippen LogP contribution is -2.47. The van der Waals surface area contributed by atoms with E-state index in [9.17, 15) is 13.9 Å². The summed E-state index contributed by atoms with van der Waals surface area (Å²) >= 11 is 0. The van der Waals surface area contributed by atoms with Crippen LogP contribution < -0.4 is 19.1 Å². The number of anilines is 1. The van der Waals surface area contributed by atoms with Gasteiger partial charge in [0.2, 0.25) is 0 Å². The molecule has 6 nitrogen and oxygen atoms in total. The number of rotatable bonds is 6. The van der Waals surface area contributed by atoms with Crippen molar-refractivity contribution in [2.45, 2.75) is 38.0 Å². The van der Waals surface area contributed by atoms with Crippen LogP contribution in [0.1, 0.15) is 31.2 Å². The second kappa shape index (κ2) is 8.70. The lowest BCUT2D eigenvalue weighted by molar-refractivity contribution is -0.534. The number of amidine groups is 1. The van der Waals surface area contributed by atoms with Crippen molar-refractivity contribution in [3.63, 3.8) is 0 Å². The van der Waals surface area contributed by atoms with Gasteiger partial charge in [0.25, 0.3) is 11.6 Å². The van der Waals surface area contributed by atoms with Crippen LogP contribution in [0.3, 0.4) is 0 Å². The van der Waals surface area contributed by atoms with Crippen LogP contribution in [0, 0.1) is 0 Å². The van der Waals surface area contributed by atoms with Gasteiger partial charge in [-0.3, -0.25) is 4.58 Å². The summed E-state index contributed by atoms with van der Waals surface area (Å²) in [5, 5.41) is 12.0. The average molecular weight is 433 g/mol. The highest BCUT2D eigenvalue weighted by Crippen LogP contribution is 2.43. The molecule has 2 heterocycles. The van der Waals surface area contributed by atoms with Crippen molar-refractivity contribution >= 4 is 11.5 Å². The van der Waals surface area contributed by atoms with Gasteiger partial charge >= 0.3 is 6.61 Å². The third kappa shape index (κ3) is 4.04. The molecule has 1 unspecified atom stereocenters. The summed E-state index contributed by atoms with van der Waals surface area (Å²) < 4.78 is 42.8. The minimum atomic E-state index is -2.90. The van der Waals surface area contributed by atoms with E-state index in [1.54, 1.807) is 26.4 Å². The molecule has 0 spiro atoms. The van der Waals surface area contributed by atoms with Gasteiger partial charge in [-0.05, 0) is 55.7 Å². The van der Waals surface area contributed by atoms with E-state index in [0.717, 1.165) is 38.1 Å². The number of aliphatic hydroxyl groups is 1. The third-order valence-corrected chi connectivity index (χ3v) is 5.90. The van der Waals surface area contributed by atoms with Crippen LogP contribution in [0.4, 0.5) is 14.5 Å². The molecule has 0 aliphatic carbocycles. The Hall–Kier alpha value is -2.87. The number of alkyl halides is 2. The highest BCUT2D eigenvalue weighted by molar-refractivity contribution is 5.98. The molecule has 0 aromatic heterocycles. The second-order valence-electron chi connectivity index (χ2n) is 7.74. The first-order valence-electron chi connectivity index (χ1n) is 10.4. The SMILES string of the molecule is COc1ccc(OC)c(N2C3=[N+](CCCCC3)CC2(O)c2ccc(OC(F)F)cc2)c1. The molecule has 0 fully saturated rings. The van der Waals surface area contributed by atoms with Gasteiger partial charge in [0.1, 0.15) is 11.5 Å². The quantitative estimate of drug-likeness (QED) is 0.699. The Morgan fingerprint density at radius 3 is 2.42 bits per heavy atom. The molecule has 0 bridgehead atoms. The van der Waals surface area contributed by atoms with Crippen LogP contribution in [-0.2, 0) is 5.72 Å². The number of nitrogens with zero attached hydrogens (tertiary/aromatic N) is 2. The maximum Gasteiger partial charge on any atom is 0.387 e. The maximum atomic E-state index is 12.6. The summed E-state index contributed by atoms with van der Waals surface area (Å²) in [7, 11) is 3.18. The van der Waals surface area contributed by atoms with Crippen molar-refractivity contribution in [3.8, 4) is 17.2 Å². The van der Waals surface area contributed by atoms with Crippen molar-refractivity contribution in [2.75, 3.05) is 32.2 Å². The van der Waals surface area contributed by atoms with Gasteiger partial charge in [0, 0.05) is 18.1 Å². The molecule has 2 aromatic rings. The summed E-state index contributed by atoms with van der Waals surface area (Å²) in [6, 6.07) is 11.6. The van der Waals surface area contributed by atoms with E-state index >= 15 is 0 Å². The molecule has 0 radical (unpaired) electrons. The van der Waals surface area contributed by atoms with Crippen molar-refractivity contribution in [1.29, 1.82) is 0 Å². The molecule has 2 aliphatic heterocycles. The molecule has 8 heteroatoms. The highest BCUT2D eigenvalue weighted by Gasteiger charge is 2.55. The number of benzene rings is 2. The van der Waals surface area contributed by atoms with Gasteiger partial charge in [-0.1, -0.05) is 0 Å². The molecule has 1 N–H and O–H groups in total. The van der Waals surface area contributed by atoms with Crippen molar-refractivity contribution in [1.82, 2.24) is 0 Å². The number of hydrogen-bond acceptors (Lipinski definition) is 5. The highest BCUT2D eigenvalue weighted by atomic mass is 19.3. The van der Waals surface area contributed by atoms with Crippen LogP contribution in [0.2, 0.25) is 0 Å². The summed E-state index contributed by atoms with van der Waals surface area (Å²) in [5.41, 5.74) is -0.133. The molecular formula is C23H27F2N2O4+. The largest absolute Gasteiger partial charge is 0.497 e. The van der Waals surface area contributed by atoms with Crippen molar-refractivity contribution in [3.05, 3.63) is 48.0 Å². The van der Waals surface area contributed by atoms with Crippen LogP contribution in [0.25, 0.3) is 0 Å². The van der Waals surface area contributed by atoms with E-state index in [4.69, 9.17) is 9.47 Å². The predicted octanol–water partition coefficient (Wildman–Crippen LogP) is 3.96. The lowest BCUT2D eigenvalue weighted by atomic mass is 9.99. The Morgan fingerprint density at radius 1 is 1.00 bits per heavy atom. The number of halogens is 2. The van der Waals surface area contributed by atoms with Gasteiger partial charge in [0.05, 0.1) is 20.8 Å². The zero-order valence-electron chi connectivity index (χ0n) is 17.7. The number of ether oxygens (including phenoxy) is 3. The fraction of sp³-hybridized carbons (Fsp3) is 0.435. The normalized spacial score (nSPS) is 21.2. The van der Waals surface area contributed by atoms with Gasteiger partial charge < -0.3 is 19.3 Å². The first-order chi connectivity index (χ1) is 15.0. The maximum absolute atomic E-state index is 12.6. The fourth-order valence-corrected chi connectivity index (χ4v) is 4.46. The molecule has 0 amide bonds. The summed E-state index contributed by atoms with van der Waals surface area (Å²) in [6.07, 6.45) is 4.01. The van der Waals surface area contributed by atoms with Gasteiger partial charge in [0.15, 0.2) is 18.0 Å². The Bertz CT molecular complexity index is 965. The van der Waals surface area contributed by atoms with Crippen molar-refractivity contribution < 1.29 is 32.7 Å². The average Bonchev–Trinajstić information content (AvgIpc) is 2.88. The second-order valence-corrected chi connectivity index (χ2v) is 7.74. The monoisotopic (exact) mass is 433 g/mol. The van der Waals surface area contributed by atoms with Crippen molar-refractivity contribution in [2.24, 2.45) is 0 Å². The molecule has 31 heavy (non-hydrogen) atoms. The Morgan fingerprint density at radius 2 is 1.74 bits per heavy atom. The van der Waals surface area contributed by atoms with E-state index in [1.807, 2.05) is 23.1 Å². The number of hydrogen-bond donors (Lipinski definition) is 1. The molecule has 166 valence electrons. The standard InChI is InChI=1S/C23H27F2N2O4/c1-29-18-11-12-20(30-2)19(14-18)27-21-6-4-3-5-13-26(21)15-23(27,28)16-7-9-17(10-8-16)31-22(24)25/h7-12,14,22,28H,3-6,13,15H2,1-2H3/q+1. The summed E-state index contributed by atoms with van der Waals surface area (Å²) in [5.74, 6) is 2.31. The zero-order chi connectivity index (χ0) is 22.0.